The van der Waals surface area contributed by atoms with E-state index < -0.39 is 0 Å². The quantitative estimate of drug-likeness (QED) is 0.885. The van der Waals surface area contributed by atoms with Gasteiger partial charge in [0.2, 0.25) is 0 Å². The van der Waals surface area contributed by atoms with Crippen molar-refractivity contribution < 1.29 is 4.74 Å². The minimum absolute atomic E-state index is 0.0279. The number of nitrogens with one attached hydrogen (secondary N) is 1. The topological polar surface area (TPSA) is 21.3 Å². The smallest absolute Gasteiger partial charge is 0.0972 e. The zero-order chi connectivity index (χ0) is 12.5. The highest BCUT2D eigenvalue weighted by molar-refractivity contribution is 6.33. The van der Waals surface area contributed by atoms with E-state index in [1.54, 1.807) is 6.07 Å². The third-order valence-electron chi connectivity index (χ3n) is 3.31. The van der Waals surface area contributed by atoms with Crippen molar-refractivity contribution >= 4 is 23.2 Å². The second-order valence-electron chi connectivity index (χ2n) is 4.71. The molecule has 0 amide bonds. The summed E-state index contributed by atoms with van der Waals surface area (Å²) >= 11 is 12.2. The molecule has 94 valence electrons. The van der Waals surface area contributed by atoms with Crippen molar-refractivity contribution in [3.8, 4) is 0 Å². The summed E-state index contributed by atoms with van der Waals surface area (Å²) in [6, 6.07) is 5.50. The Hall–Kier alpha value is -0.280. The van der Waals surface area contributed by atoms with Crippen LogP contribution in [0.25, 0.3) is 0 Å². The maximum atomic E-state index is 6.20. The largest absolute Gasteiger partial charge is 0.365 e. The van der Waals surface area contributed by atoms with Crippen molar-refractivity contribution in [3.63, 3.8) is 0 Å². The lowest BCUT2D eigenvalue weighted by Crippen LogP contribution is -2.48. The van der Waals surface area contributed by atoms with Crippen LogP contribution in [0.15, 0.2) is 18.2 Å². The van der Waals surface area contributed by atoms with Gasteiger partial charge in [0, 0.05) is 28.7 Å². The molecule has 0 aromatic heterocycles. The highest BCUT2D eigenvalue weighted by Gasteiger charge is 2.32. The predicted octanol–water partition coefficient (Wildman–Crippen LogP) is 3.82. The summed E-state index contributed by atoms with van der Waals surface area (Å²) in [7, 11) is 0. The van der Waals surface area contributed by atoms with Crippen molar-refractivity contribution in [3.05, 3.63) is 33.8 Å². The number of rotatable bonds is 2. The summed E-state index contributed by atoms with van der Waals surface area (Å²) < 4.78 is 6.14. The molecule has 0 bridgehead atoms. The molecular formula is C13H17Cl2NO. The Balaban J connectivity index is 2.24. The van der Waals surface area contributed by atoms with E-state index in [0.717, 1.165) is 25.1 Å². The van der Waals surface area contributed by atoms with Crippen molar-refractivity contribution in [2.45, 2.75) is 32.0 Å². The van der Waals surface area contributed by atoms with E-state index in [9.17, 15) is 0 Å². The molecule has 17 heavy (non-hydrogen) atoms. The van der Waals surface area contributed by atoms with Crippen LogP contribution in [-0.2, 0) is 4.74 Å². The molecule has 1 aliphatic heterocycles. The summed E-state index contributed by atoms with van der Waals surface area (Å²) in [5, 5.41) is 4.80. The minimum atomic E-state index is -0.130. The number of morpholine rings is 1. The maximum absolute atomic E-state index is 6.20. The van der Waals surface area contributed by atoms with Gasteiger partial charge >= 0.3 is 0 Å². The lowest BCUT2D eigenvalue weighted by atomic mass is 9.98. The Bertz CT molecular complexity index is 410. The summed E-state index contributed by atoms with van der Waals surface area (Å²) in [4.78, 5) is 0. The molecule has 2 rings (SSSR count). The molecule has 1 aromatic rings. The standard InChI is InChI=1S/C13H17Cl2NO/c1-3-13(2)8-16-7-12(17-13)10-6-9(14)4-5-11(10)15/h4-6,12,16H,3,7-8H2,1-2H3. The minimum Gasteiger partial charge on any atom is -0.365 e. The van der Waals surface area contributed by atoms with Crippen LogP contribution >= 0.6 is 23.2 Å². The molecule has 1 aromatic carbocycles. The number of ether oxygens (including phenoxy) is 1. The van der Waals surface area contributed by atoms with Crippen LogP contribution in [0.3, 0.4) is 0 Å². The average Bonchev–Trinajstić information content (AvgIpc) is 2.32. The lowest BCUT2D eigenvalue weighted by Gasteiger charge is -2.39. The fourth-order valence-corrected chi connectivity index (χ4v) is 2.46. The molecule has 1 fully saturated rings. The van der Waals surface area contributed by atoms with Crippen LogP contribution in [0.2, 0.25) is 10.0 Å². The Morgan fingerprint density at radius 3 is 2.94 bits per heavy atom. The lowest BCUT2D eigenvalue weighted by molar-refractivity contribution is -0.109. The van der Waals surface area contributed by atoms with E-state index >= 15 is 0 Å². The Morgan fingerprint density at radius 1 is 1.47 bits per heavy atom. The molecule has 1 N–H and O–H groups in total. The molecule has 4 heteroatoms. The summed E-state index contributed by atoms with van der Waals surface area (Å²) in [5.74, 6) is 0. The average molecular weight is 274 g/mol. The molecular weight excluding hydrogens is 257 g/mol. The fraction of sp³-hybridized carbons (Fsp3) is 0.538. The zero-order valence-corrected chi connectivity index (χ0v) is 11.6. The number of hydrogen-bond donors (Lipinski definition) is 1. The van der Waals surface area contributed by atoms with Crippen LogP contribution in [0, 0.1) is 0 Å². The second-order valence-corrected chi connectivity index (χ2v) is 5.55. The van der Waals surface area contributed by atoms with Gasteiger partial charge in [0.05, 0.1) is 11.7 Å². The van der Waals surface area contributed by atoms with E-state index in [2.05, 4.69) is 19.2 Å². The number of halogens is 2. The van der Waals surface area contributed by atoms with Gasteiger partial charge < -0.3 is 10.1 Å². The van der Waals surface area contributed by atoms with Gasteiger partial charge in [-0.3, -0.25) is 0 Å². The summed E-state index contributed by atoms with van der Waals surface area (Å²) in [5.41, 5.74) is 0.834. The van der Waals surface area contributed by atoms with Gasteiger partial charge in [-0.2, -0.15) is 0 Å². The SMILES string of the molecule is CCC1(C)CNCC(c2cc(Cl)ccc2Cl)O1. The third kappa shape index (κ3) is 2.94. The van der Waals surface area contributed by atoms with Crippen molar-refractivity contribution in [1.82, 2.24) is 5.32 Å². The molecule has 2 atom stereocenters. The molecule has 0 saturated carbocycles. The fourth-order valence-electron chi connectivity index (χ4n) is 2.04. The van der Waals surface area contributed by atoms with E-state index in [0.29, 0.717) is 10.0 Å². The van der Waals surface area contributed by atoms with Crippen LogP contribution < -0.4 is 5.32 Å². The van der Waals surface area contributed by atoms with E-state index in [1.807, 2.05) is 12.1 Å². The van der Waals surface area contributed by atoms with Gasteiger partial charge in [0.25, 0.3) is 0 Å². The summed E-state index contributed by atoms with van der Waals surface area (Å²) in [6.07, 6.45) is 0.939. The van der Waals surface area contributed by atoms with Gasteiger partial charge in [-0.25, -0.2) is 0 Å². The normalized spacial score (nSPS) is 29.3. The van der Waals surface area contributed by atoms with Gasteiger partial charge in [-0.05, 0) is 31.5 Å². The predicted molar refractivity (Wildman–Crippen MR) is 71.9 cm³/mol. The molecule has 1 aliphatic rings. The molecule has 2 unspecified atom stereocenters. The van der Waals surface area contributed by atoms with E-state index in [1.165, 1.54) is 0 Å². The first-order chi connectivity index (χ1) is 8.04. The van der Waals surface area contributed by atoms with Gasteiger partial charge in [-0.1, -0.05) is 30.1 Å². The maximum Gasteiger partial charge on any atom is 0.0972 e. The Morgan fingerprint density at radius 2 is 2.24 bits per heavy atom. The summed E-state index contributed by atoms with van der Waals surface area (Å²) in [6.45, 7) is 5.89. The number of hydrogen-bond acceptors (Lipinski definition) is 2. The zero-order valence-electron chi connectivity index (χ0n) is 10.1. The van der Waals surface area contributed by atoms with Gasteiger partial charge in [0.15, 0.2) is 0 Å². The van der Waals surface area contributed by atoms with Gasteiger partial charge in [-0.15, -0.1) is 0 Å². The Kier molecular flexibility index (Phi) is 3.99. The highest BCUT2D eigenvalue weighted by atomic mass is 35.5. The third-order valence-corrected chi connectivity index (χ3v) is 3.89. The molecule has 0 aliphatic carbocycles. The molecule has 0 radical (unpaired) electrons. The number of benzene rings is 1. The van der Waals surface area contributed by atoms with Crippen molar-refractivity contribution in [2.75, 3.05) is 13.1 Å². The molecule has 0 spiro atoms. The van der Waals surface area contributed by atoms with Crippen molar-refractivity contribution in [2.24, 2.45) is 0 Å². The van der Waals surface area contributed by atoms with Crippen LogP contribution in [0.1, 0.15) is 31.9 Å². The van der Waals surface area contributed by atoms with E-state index in [-0.39, 0.29) is 11.7 Å². The molecule has 1 saturated heterocycles. The first-order valence-electron chi connectivity index (χ1n) is 5.87. The molecule has 1 heterocycles. The highest BCUT2D eigenvalue weighted by Crippen LogP contribution is 2.34. The first kappa shape index (κ1) is 13.2. The van der Waals surface area contributed by atoms with Crippen molar-refractivity contribution in [1.29, 1.82) is 0 Å². The van der Waals surface area contributed by atoms with Crippen LogP contribution in [0.4, 0.5) is 0 Å². The second kappa shape index (κ2) is 5.15. The molecule has 2 nitrogen and oxygen atoms in total. The van der Waals surface area contributed by atoms with Gasteiger partial charge in [0.1, 0.15) is 0 Å². The van der Waals surface area contributed by atoms with Crippen LogP contribution in [0.5, 0.6) is 0 Å². The first-order valence-corrected chi connectivity index (χ1v) is 6.63. The van der Waals surface area contributed by atoms with Crippen LogP contribution in [-0.4, -0.2) is 18.7 Å². The Labute approximate surface area is 112 Å². The monoisotopic (exact) mass is 273 g/mol. The van der Waals surface area contributed by atoms with E-state index in [4.69, 9.17) is 27.9 Å².